The topological polar surface area (TPSA) is 38.9 Å². The first-order valence-corrected chi connectivity index (χ1v) is 6.29. The van der Waals surface area contributed by atoms with E-state index in [4.69, 9.17) is 5.73 Å². The van der Waals surface area contributed by atoms with E-state index in [2.05, 4.69) is 4.98 Å². The van der Waals surface area contributed by atoms with Crippen LogP contribution in [0.1, 0.15) is 11.3 Å². The molecule has 2 nitrogen and oxygen atoms in total. The van der Waals surface area contributed by atoms with Gasteiger partial charge in [0.2, 0.25) is 0 Å². The summed E-state index contributed by atoms with van der Waals surface area (Å²) in [5.74, 6) is 0.546. The molecule has 0 unspecified atom stereocenters. The minimum Gasteiger partial charge on any atom is -0.325 e. The van der Waals surface area contributed by atoms with Gasteiger partial charge < -0.3 is 5.73 Å². The van der Waals surface area contributed by atoms with Crippen molar-refractivity contribution in [2.24, 2.45) is 5.73 Å². The summed E-state index contributed by atoms with van der Waals surface area (Å²) in [5.41, 5.74) is 7.61. The third kappa shape index (κ3) is 3.28. The first-order valence-electron chi connectivity index (χ1n) is 5.31. The Morgan fingerprint density at radius 3 is 2.88 bits per heavy atom. The summed E-state index contributed by atoms with van der Waals surface area (Å²) in [6.45, 7) is 0.430. The van der Waals surface area contributed by atoms with Gasteiger partial charge in [-0.25, -0.2) is 4.39 Å². The Hall–Kier alpha value is -1.39. The van der Waals surface area contributed by atoms with E-state index in [9.17, 15) is 4.39 Å². The van der Waals surface area contributed by atoms with E-state index in [1.54, 1.807) is 24.0 Å². The Balaban J connectivity index is 2.07. The number of nitrogens with zero attached hydrogens (tertiary/aromatic N) is 1. The second-order valence-electron chi connectivity index (χ2n) is 3.56. The molecule has 0 saturated heterocycles. The SMILES string of the molecule is NCc1ncccc1CSc1cccc(F)c1. The second kappa shape index (κ2) is 5.80. The molecular formula is C13H13FN2S. The zero-order chi connectivity index (χ0) is 12.1. The first kappa shape index (κ1) is 12.1. The molecule has 88 valence electrons. The van der Waals surface area contributed by atoms with Gasteiger partial charge in [0, 0.05) is 23.4 Å². The molecule has 0 amide bonds. The van der Waals surface area contributed by atoms with Gasteiger partial charge in [0.1, 0.15) is 5.82 Å². The van der Waals surface area contributed by atoms with Crippen molar-refractivity contribution in [3.63, 3.8) is 0 Å². The molecule has 1 aromatic carbocycles. The number of hydrogen-bond donors (Lipinski definition) is 1. The van der Waals surface area contributed by atoms with Crippen LogP contribution < -0.4 is 5.73 Å². The summed E-state index contributed by atoms with van der Waals surface area (Å²) in [7, 11) is 0. The smallest absolute Gasteiger partial charge is 0.124 e. The molecule has 0 aliphatic carbocycles. The van der Waals surface area contributed by atoms with Crippen LogP contribution in [-0.4, -0.2) is 4.98 Å². The maximum atomic E-state index is 13.0. The standard InChI is InChI=1S/C13H13FN2S/c14-11-4-1-5-12(7-11)17-9-10-3-2-6-16-13(10)8-15/h1-7H,8-9,15H2. The lowest BCUT2D eigenvalue weighted by Gasteiger charge is -2.06. The molecule has 4 heteroatoms. The van der Waals surface area contributed by atoms with Crippen molar-refractivity contribution in [3.8, 4) is 0 Å². The Kier molecular flexibility index (Phi) is 4.12. The summed E-state index contributed by atoms with van der Waals surface area (Å²) in [4.78, 5) is 5.13. The van der Waals surface area contributed by atoms with Gasteiger partial charge in [0.15, 0.2) is 0 Å². The molecule has 0 radical (unpaired) electrons. The van der Waals surface area contributed by atoms with Gasteiger partial charge in [-0.1, -0.05) is 12.1 Å². The highest BCUT2D eigenvalue weighted by Crippen LogP contribution is 2.24. The number of thioether (sulfide) groups is 1. The van der Waals surface area contributed by atoms with E-state index in [1.165, 1.54) is 12.1 Å². The number of hydrogen-bond acceptors (Lipinski definition) is 3. The van der Waals surface area contributed by atoms with Crippen molar-refractivity contribution in [1.29, 1.82) is 0 Å². The molecule has 0 atom stereocenters. The maximum absolute atomic E-state index is 13.0. The number of rotatable bonds is 4. The van der Waals surface area contributed by atoms with Gasteiger partial charge in [0.25, 0.3) is 0 Å². The third-order valence-corrected chi connectivity index (χ3v) is 3.41. The van der Waals surface area contributed by atoms with E-state index >= 15 is 0 Å². The molecule has 2 rings (SSSR count). The van der Waals surface area contributed by atoms with Crippen LogP contribution in [0.2, 0.25) is 0 Å². The molecule has 0 spiro atoms. The second-order valence-corrected chi connectivity index (χ2v) is 4.61. The molecule has 0 aliphatic rings. The van der Waals surface area contributed by atoms with E-state index in [0.29, 0.717) is 6.54 Å². The molecule has 0 aliphatic heterocycles. The molecule has 1 aromatic heterocycles. The number of halogens is 1. The van der Waals surface area contributed by atoms with Gasteiger partial charge in [-0.3, -0.25) is 4.98 Å². The van der Waals surface area contributed by atoms with Crippen LogP contribution in [0, 0.1) is 5.82 Å². The highest BCUT2D eigenvalue weighted by atomic mass is 32.2. The maximum Gasteiger partial charge on any atom is 0.124 e. The highest BCUT2D eigenvalue weighted by molar-refractivity contribution is 7.98. The summed E-state index contributed by atoms with van der Waals surface area (Å²) >= 11 is 1.58. The third-order valence-electron chi connectivity index (χ3n) is 2.37. The highest BCUT2D eigenvalue weighted by Gasteiger charge is 2.03. The molecule has 2 N–H and O–H groups in total. The number of aromatic nitrogens is 1. The van der Waals surface area contributed by atoms with Crippen molar-refractivity contribution in [3.05, 3.63) is 59.7 Å². The van der Waals surface area contributed by atoms with Gasteiger partial charge >= 0.3 is 0 Å². The van der Waals surface area contributed by atoms with Crippen LogP contribution in [-0.2, 0) is 12.3 Å². The monoisotopic (exact) mass is 248 g/mol. The lowest BCUT2D eigenvalue weighted by atomic mass is 10.2. The summed E-state index contributed by atoms with van der Waals surface area (Å²) in [5, 5.41) is 0. The van der Waals surface area contributed by atoms with Gasteiger partial charge in [-0.05, 0) is 29.8 Å². The van der Waals surface area contributed by atoms with Crippen molar-refractivity contribution >= 4 is 11.8 Å². The van der Waals surface area contributed by atoms with Crippen LogP contribution in [0.25, 0.3) is 0 Å². The Morgan fingerprint density at radius 2 is 2.12 bits per heavy atom. The quantitative estimate of drug-likeness (QED) is 0.845. The average Bonchev–Trinajstić information content (AvgIpc) is 2.37. The summed E-state index contributed by atoms with van der Waals surface area (Å²) in [6, 6.07) is 10.5. The van der Waals surface area contributed by atoms with Crippen molar-refractivity contribution in [2.75, 3.05) is 0 Å². The molecule has 0 saturated carbocycles. The lowest BCUT2D eigenvalue weighted by Crippen LogP contribution is -2.03. The Labute approximate surface area is 104 Å². The van der Waals surface area contributed by atoms with Crippen LogP contribution in [0.3, 0.4) is 0 Å². The van der Waals surface area contributed by atoms with E-state index in [-0.39, 0.29) is 5.82 Å². The fraction of sp³-hybridized carbons (Fsp3) is 0.154. The number of pyridine rings is 1. The minimum atomic E-state index is -0.208. The van der Waals surface area contributed by atoms with E-state index < -0.39 is 0 Å². The predicted octanol–water partition coefficient (Wildman–Crippen LogP) is 2.97. The average molecular weight is 248 g/mol. The predicted molar refractivity (Wildman–Crippen MR) is 68.1 cm³/mol. The minimum absolute atomic E-state index is 0.208. The molecule has 17 heavy (non-hydrogen) atoms. The molecule has 1 heterocycles. The van der Waals surface area contributed by atoms with Crippen LogP contribution in [0.5, 0.6) is 0 Å². The van der Waals surface area contributed by atoms with Crippen molar-refractivity contribution in [2.45, 2.75) is 17.2 Å². The van der Waals surface area contributed by atoms with Crippen LogP contribution >= 0.6 is 11.8 Å². The Morgan fingerprint density at radius 1 is 1.24 bits per heavy atom. The van der Waals surface area contributed by atoms with Gasteiger partial charge in [-0.2, -0.15) is 0 Å². The van der Waals surface area contributed by atoms with Crippen molar-refractivity contribution < 1.29 is 4.39 Å². The van der Waals surface area contributed by atoms with E-state index in [0.717, 1.165) is 21.9 Å². The van der Waals surface area contributed by atoms with Crippen LogP contribution in [0.4, 0.5) is 4.39 Å². The zero-order valence-electron chi connectivity index (χ0n) is 9.27. The zero-order valence-corrected chi connectivity index (χ0v) is 10.1. The molecule has 0 fully saturated rings. The van der Waals surface area contributed by atoms with E-state index in [1.807, 2.05) is 18.2 Å². The fourth-order valence-electron chi connectivity index (χ4n) is 1.50. The summed E-state index contributed by atoms with van der Waals surface area (Å²) < 4.78 is 13.0. The van der Waals surface area contributed by atoms with Gasteiger partial charge in [0.05, 0.1) is 5.69 Å². The molecule has 2 aromatic rings. The number of benzene rings is 1. The number of nitrogens with two attached hydrogens (primary N) is 1. The Bertz CT molecular complexity index is 502. The molecular weight excluding hydrogens is 235 g/mol. The first-order chi connectivity index (χ1) is 8.29. The largest absolute Gasteiger partial charge is 0.325 e. The van der Waals surface area contributed by atoms with Gasteiger partial charge in [-0.15, -0.1) is 11.8 Å². The van der Waals surface area contributed by atoms with Crippen LogP contribution in [0.15, 0.2) is 47.5 Å². The normalized spacial score (nSPS) is 10.5. The molecule has 0 bridgehead atoms. The fourth-order valence-corrected chi connectivity index (χ4v) is 2.46. The lowest BCUT2D eigenvalue weighted by molar-refractivity contribution is 0.624. The summed E-state index contributed by atoms with van der Waals surface area (Å²) in [6.07, 6.45) is 1.73. The van der Waals surface area contributed by atoms with Crippen molar-refractivity contribution in [1.82, 2.24) is 4.98 Å².